The van der Waals surface area contributed by atoms with E-state index in [1.54, 1.807) is 0 Å². The van der Waals surface area contributed by atoms with Gasteiger partial charge in [-0.2, -0.15) is 0 Å². The maximum Gasteiger partial charge on any atom is 0.0480 e. The molecule has 0 amide bonds. The zero-order valence-electron chi connectivity index (χ0n) is 12.1. The molecule has 0 spiro atoms. The molecule has 0 saturated heterocycles. The number of benzene rings is 1. The largest absolute Gasteiger partial charge is 0.350 e. The van der Waals surface area contributed by atoms with Gasteiger partial charge in [-0.25, -0.2) is 0 Å². The van der Waals surface area contributed by atoms with E-state index in [9.17, 15) is 0 Å². The first-order valence-corrected chi connectivity index (χ1v) is 6.63. The first kappa shape index (κ1) is 13.2. The molecule has 1 aromatic heterocycles. The summed E-state index contributed by atoms with van der Waals surface area (Å²) >= 11 is 0. The molecular weight excluding hydrogens is 220 g/mol. The van der Waals surface area contributed by atoms with Crippen LogP contribution in [0.2, 0.25) is 0 Å². The third-order valence-electron chi connectivity index (χ3n) is 3.48. The molecule has 2 heteroatoms. The first-order chi connectivity index (χ1) is 8.29. The monoisotopic (exact) mass is 244 g/mol. The zero-order chi connectivity index (χ0) is 13.5. The fourth-order valence-electron chi connectivity index (χ4n) is 2.45. The van der Waals surface area contributed by atoms with Gasteiger partial charge in [-0.15, -0.1) is 0 Å². The van der Waals surface area contributed by atoms with Crippen LogP contribution in [0.3, 0.4) is 0 Å². The van der Waals surface area contributed by atoms with Gasteiger partial charge in [0, 0.05) is 30.2 Å². The molecule has 2 nitrogen and oxygen atoms in total. The van der Waals surface area contributed by atoms with E-state index in [0.29, 0.717) is 0 Å². The van der Waals surface area contributed by atoms with Crippen LogP contribution in [-0.2, 0) is 18.9 Å². The van der Waals surface area contributed by atoms with Gasteiger partial charge in [-0.05, 0) is 42.0 Å². The van der Waals surface area contributed by atoms with E-state index in [4.69, 9.17) is 5.73 Å². The summed E-state index contributed by atoms with van der Waals surface area (Å²) in [4.78, 5) is 0. The van der Waals surface area contributed by atoms with Crippen LogP contribution in [0, 0.1) is 0 Å². The lowest BCUT2D eigenvalue weighted by molar-refractivity contribution is 0.591. The van der Waals surface area contributed by atoms with Crippen molar-refractivity contribution in [3.63, 3.8) is 0 Å². The topological polar surface area (TPSA) is 30.9 Å². The number of hydrogen-bond acceptors (Lipinski definition) is 1. The highest BCUT2D eigenvalue weighted by molar-refractivity contribution is 5.85. The number of aryl methyl sites for hydroxylation is 1. The Morgan fingerprint density at radius 1 is 1.28 bits per heavy atom. The third kappa shape index (κ3) is 2.44. The molecule has 18 heavy (non-hydrogen) atoms. The zero-order valence-corrected chi connectivity index (χ0v) is 12.1. The van der Waals surface area contributed by atoms with Crippen LogP contribution in [0.5, 0.6) is 0 Å². The molecule has 0 saturated carbocycles. The van der Waals surface area contributed by atoms with Crippen molar-refractivity contribution in [2.45, 2.75) is 45.6 Å². The first-order valence-electron chi connectivity index (χ1n) is 6.63. The minimum Gasteiger partial charge on any atom is -0.350 e. The second-order valence-electron chi connectivity index (χ2n) is 6.43. The summed E-state index contributed by atoms with van der Waals surface area (Å²) in [5.74, 6) is 0. The number of aromatic nitrogens is 1. The lowest BCUT2D eigenvalue weighted by Gasteiger charge is -2.19. The Kier molecular flexibility index (Phi) is 3.24. The van der Waals surface area contributed by atoms with Crippen molar-refractivity contribution in [3.8, 4) is 0 Å². The van der Waals surface area contributed by atoms with Crippen LogP contribution in [0.4, 0.5) is 0 Å². The van der Waals surface area contributed by atoms with E-state index in [1.165, 1.54) is 22.0 Å². The van der Waals surface area contributed by atoms with Crippen molar-refractivity contribution in [2.75, 3.05) is 0 Å². The molecule has 1 atom stereocenters. The molecular formula is C16H24N2. The summed E-state index contributed by atoms with van der Waals surface area (Å²) in [5.41, 5.74) is 10.2. The lowest BCUT2D eigenvalue weighted by atomic mass is 9.86. The third-order valence-corrected chi connectivity index (χ3v) is 3.48. The molecule has 1 unspecified atom stereocenters. The predicted molar refractivity (Wildman–Crippen MR) is 79.0 cm³/mol. The molecule has 1 heterocycles. The molecule has 0 aliphatic heterocycles. The van der Waals surface area contributed by atoms with Crippen molar-refractivity contribution in [3.05, 3.63) is 35.5 Å². The Morgan fingerprint density at radius 3 is 2.50 bits per heavy atom. The summed E-state index contributed by atoms with van der Waals surface area (Å²) in [6.45, 7) is 8.82. The fraction of sp³-hybridized carbons (Fsp3) is 0.500. The van der Waals surface area contributed by atoms with Gasteiger partial charge >= 0.3 is 0 Å². The van der Waals surface area contributed by atoms with E-state index in [-0.39, 0.29) is 11.5 Å². The van der Waals surface area contributed by atoms with Crippen molar-refractivity contribution in [1.29, 1.82) is 0 Å². The molecule has 1 aromatic carbocycles. The minimum absolute atomic E-state index is 0.190. The quantitative estimate of drug-likeness (QED) is 0.862. The maximum absolute atomic E-state index is 5.94. The molecule has 0 aliphatic rings. The van der Waals surface area contributed by atoms with Gasteiger partial charge in [-0.3, -0.25) is 0 Å². The number of fused-ring (bicyclic) bond motifs is 1. The SMILES string of the molecule is CC(N)Cc1cn(C)c2ccc(C(C)(C)C)cc12. The second-order valence-corrected chi connectivity index (χ2v) is 6.43. The average molecular weight is 244 g/mol. The van der Waals surface area contributed by atoms with Gasteiger partial charge < -0.3 is 10.3 Å². The van der Waals surface area contributed by atoms with Crippen LogP contribution in [0.25, 0.3) is 10.9 Å². The minimum atomic E-state index is 0.190. The standard InChI is InChI=1S/C16H24N2/c1-11(17)8-12-10-18(5)15-7-6-13(9-14(12)15)16(2,3)4/h6-7,9-11H,8,17H2,1-5H3. The van der Waals surface area contributed by atoms with Crippen molar-refractivity contribution in [2.24, 2.45) is 12.8 Å². The van der Waals surface area contributed by atoms with Gasteiger partial charge in [-0.1, -0.05) is 26.8 Å². The van der Waals surface area contributed by atoms with Gasteiger partial charge in [0.1, 0.15) is 0 Å². The van der Waals surface area contributed by atoms with E-state index in [2.05, 4.69) is 63.7 Å². The molecule has 0 fully saturated rings. The normalized spacial score (nSPS) is 14.1. The van der Waals surface area contributed by atoms with Gasteiger partial charge in [0.2, 0.25) is 0 Å². The van der Waals surface area contributed by atoms with Crippen LogP contribution in [0.1, 0.15) is 38.8 Å². The van der Waals surface area contributed by atoms with Crippen LogP contribution < -0.4 is 5.73 Å². The highest BCUT2D eigenvalue weighted by Crippen LogP contribution is 2.29. The Labute approximate surface area is 110 Å². The smallest absolute Gasteiger partial charge is 0.0480 e. The Hall–Kier alpha value is -1.28. The van der Waals surface area contributed by atoms with Crippen LogP contribution in [-0.4, -0.2) is 10.6 Å². The molecule has 2 rings (SSSR count). The van der Waals surface area contributed by atoms with Crippen molar-refractivity contribution < 1.29 is 0 Å². The summed E-state index contributed by atoms with van der Waals surface area (Å²) in [6, 6.07) is 6.99. The summed E-state index contributed by atoms with van der Waals surface area (Å²) in [7, 11) is 2.10. The van der Waals surface area contributed by atoms with E-state index >= 15 is 0 Å². The highest BCUT2D eigenvalue weighted by atomic mass is 14.9. The Bertz CT molecular complexity index is 556. The summed E-state index contributed by atoms with van der Waals surface area (Å²) in [6.07, 6.45) is 3.14. The number of hydrogen-bond donors (Lipinski definition) is 1. The predicted octanol–water partition coefficient (Wildman–Crippen LogP) is 3.37. The van der Waals surface area contributed by atoms with E-state index < -0.39 is 0 Å². The maximum atomic E-state index is 5.94. The Morgan fingerprint density at radius 2 is 1.94 bits per heavy atom. The molecule has 2 N–H and O–H groups in total. The summed E-state index contributed by atoms with van der Waals surface area (Å²) in [5, 5.41) is 1.35. The number of nitrogens with two attached hydrogens (primary N) is 1. The average Bonchev–Trinajstić information content (AvgIpc) is 2.53. The Balaban J connectivity index is 2.59. The molecule has 0 bridgehead atoms. The summed E-state index contributed by atoms with van der Waals surface area (Å²) < 4.78 is 2.19. The van der Waals surface area contributed by atoms with E-state index in [0.717, 1.165) is 6.42 Å². The van der Waals surface area contributed by atoms with Crippen LogP contribution in [0.15, 0.2) is 24.4 Å². The van der Waals surface area contributed by atoms with Crippen LogP contribution >= 0.6 is 0 Å². The van der Waals surface area contributed by atoms with Gasteiger partial charge in [0.05, 0.1) is 0 Å². The lowest BCUT2D eigenvalue weighted by Crippen LogP contribution is -2.17. The van der Waals surface area contributed by atoms with Gasteiger partial charge in [0.15, 0.2) is 0 Å². The molecule has 2 aromatic rings. The molecule has 0 aliphatic carbocycles. The second kappa shape index (κ2) is 4.43. The molecule has 98 valence electrons. The van der Waals surface area contributed by atoms with Crippen molar-refractivity contribution >= 4 is 10.9 Å². The highest BCUT2D eigenvalue weighted by Gasteiger charge is 2.16. The van der Waals surface area contributed by atoms with E-state index in [1.807, 2.05) is 0 Å². The van der Waals surface area contributed by atoms with Gasteiger partial charge in [0.25, 0.3) is 0 Å². The van der Waals surface area contributed by atoms with Crippen molar-refractivity contribution in [1.82, 2.24) is 4.57 Å². The fourth-order valence-corrected chi connectivity index (χ4v) is 2.45. The molecule has 0 radical (unpaired) electrons. The number of rotatable bonds is 2. The number of nitrogens with zero attached hydrogens (tertiary/aromatic N) is 1.